The number of amides is 1. The Kier molecular flexibility index (Phi) is 4.75. The van der Waals surface area contributed by atoms with Crippen LogP contribution in [0.25, 0.3) is 0 Å². The monoisotopic (exact) mass is 287 g/mol. The van der Waals surface area contributed by atoms with Gasteiger partial charge in [-0.05, 0) is 36.4 Å². The topological polar surface area (TPSA) is 29.1 Å². The fraction of sp³-hybridized carbons (Fsp3) is 0.0625. The number of nitrogens with one attached hydrogen (secondary N) is 1. The molecule has 0 aliphatic rings. The van der Waals surface area contributed by atoms with Crippen LogP contribution in [0.1, 0.15) is 15.9 Å². The van der Waals surface area contributed by atoms with E-state index in [0.29, 0.717) is 16.1 Å². The maximum absolute atomic E-state index is 13.3. The summed E-state index contributed by atoms with van der Waals surface area (Å²) in [5, 5.41) is 3.20. The normalized spacial score (nSPS) is 9.50. The largest absolute Gasteiger partial charge is 0.341 e. The Morgan fingerprint density at radius 3 is 2.55 bits per heavy atom. The molecule has 0 bridgehead atoms. The minimum absolute atomic E-state index is 0.149. The van der Waals surface area contributed by atoms with Crippen LogP contribution in [0.15, 0.2) is 48.5 Å². The molecule has 0 saturated carbocycles. The molecule has 0 saturated heterocycles. The highest BCUT2D eigenvalue weighted by atomic mass is 35.5. The zero-order valence-electron chi connectivity index (χ0n) is 10.5. The minimum Gasteiger partial charge on any atom is -0.341 e. The van der Waals surface area contributed by atoms with Crippen LogP contribution in [0, 0.1) is 17.7 Å². The summed E-state index contributed by atoms with van der Waals surface area (Å²) in [6, 6.07) is 12.8. The van der Waals surface area contributed by atoms with Crippen LogP contribution in [0.2, 0.25) is 5.02 Å². The molecule has 0 unspecified atom stereocenters. The first kappa shape index (κ1) is 14.1. The molecule has 0 radical (unpaired) electrons. The first-order valence-electron chi connectivity index (χ1n) is 5.94. The zero-order chi connectivity index (χ0) is 14.4. The third kappa shape index (κ3) is 3.84. The summed E-state index contributed by atoms with van der Waals surface area (Å²) >= 11 is 5.74. The quantitative estimate of drug-likeness (QED) is 0.844. The van der Waals surface area contributed by atoms with Crippen LogP contribution in [-0.2, 0) is 0 Å². The molecule has 4 heteroatoms. The molecule has 2 rings (SSSR count). The lowest BCUT2D eigenvalue weighted by Gasteiger charge is -2.01. The Hall–Kier alpha value is -2.31. The van der Waals surface area contributed by atoms with E-state index < -0.39 is 0 Å². The van der Waals surface area contributed by atoms with Gasteiger partial charge in [0.2, 0.25) is 0 Å². The maximum atomic E-state index is 13.3. The molecule has 0 spiro atoms. The summed E-state index contributed by atoms with van der Waals surface area (Å²) < 4.78 is 13.3. The van der Waals surface area contributed by atoms with Crippen molar-refractivity contribution in [3.05, 3.63) is 70.5 Å². The van der Waals surface area contributed by atoms with E-state index in [9.17, 15) is 9.18 Å². The molecule has 1 N–H and O–H groups in total. The van der Waals surface area contributed by atoms with Gasteiger partial charge < -0.3 is 5.32 Å². The van der Waals surface area contributed by atoms with E-state index in [0.717, 1.165) is 0 Å². The van der Waals surface area contributed by atoms with Crippen LogP contribution < -0.4 is 5.32 Å². The highest BCUT2D eigenvalue weighted by molar-refractivity contribution is 6.30. The highest BCUT2D eigenvalue weighted by Gasteiger charge is 2.02. The lowest BCUT2D eigenvalue weighted by Crippen LogP contribution is -2.23. The SMILES string of the molecule is O=C(NCC#Cc1ccccc1F)c1ccc(Cl)cc1. The van der Waals surface area contributed by atoms with Crippen LogP contribution in [-0.4, -0.2) is 12.5 Å². The summed E-state index contributed by atoms with van der Waals surface area (Å²) in [5.41, 5.74) is 0.815. The van der Waals surface area contributed by atoms with Gasteiger partial charge in [-0.3, -0.25) is 4.79 Å². The van der Waals surface area contributed by atoms with Gasteiger partial charge in [0.15, 0.2) is 0 Å². The maximum Gasteiger partial charge on any atom is 0.252 e. The van der Waals surface area contributed by atoms with Crippen molar-refractivity contribution >= 4 is 17.5 Å². The van der Waals surface area contributed by atoms with Crippen LogP contribution in [0.3, 0.4) is 0 Å². The second kappa shape index (κ2) is 6.74. The second-order valence-electron chi connectivity index (χ2n) is 3.97. The molecule has 100 valence electrons. The van der Waals surface area contributed by atoms with Gasteiger partial charge in [-0.1, -0.05) is 35.6 Å². The molecule has 2 aromatic rings. The van der Waals surface area contributed by atoms with Crippen molar-refractivity contribution in [2.24, 2.45) is 0 Å². The summed E-state index contributed by atoms with van der Waals surface area (Å²) in [4.78, 5) is 11.7. The number of carbonyl (C=O) groups is 1. The zero-order valence-corrected chi connectivity index (χ0v) is 11.2. The average molecular weight is 288 g/mol. The lowest BCUT2D eigenvalue weighted by molar-refractivity contribution is 0.0958. The summed E-state index contributed by atoms with van der Waals surface area (Å²) in [7, 11) is 0. The first-order valence-corrected chi connectivity index (χ1v) is 6.32. The van der Waals surface area contributed by atoms with Gasteiger partial charge in [-0.15, -0.1) is 0 Å². The molecule has 2 aromatic carbocycles. The van der Waals surface area contributed by atoms with Crippen molar-refractivity contribution in [2.75, 3.05) is 6.54 Å². The molecule has 0 heterocycles. The van der Waals surface area contributed by atoms with E-state index in [1.807, 2.05) is 0 Å². The standard InChI is InChI=1S/C16H11ClFNO/c17-14-9-7-13(8-10-14)16(20)19-11-3-5-12-4-1-2-6-15(12)18/h1-2,4,6-10H,11H2,(H,19,20). The van der Waals surface area contributed by atoms with Crippen molar-refractivity contribution in [3.8, 4) is 11.8 Å². The van der Waals surface area contributed by atoms with Gasteiger partial charge in [-0.2, -0.15) is 0 Å². The van der Waals surface area contributed by atoms with E-state index in [4.69, 9.17) is 11.6 Å². The van der Waals surface area contributed by atoms with Crippen molar-refractivity contribution in [3.63, 3.8) is 0 Å². The number of halogens is 2. The van der Waals surface area contributed by atoms with Gasteiger partial charge in [0.1, 0.15) is 5.82 Å². The Labute approximate surface area is 121 Å². The van der Waals surface area contributed by atoms with E-state index >= 15 is 0 Å². The number of benzene rings is 2. The Morgan fingerprint density at radius 2 is 1.85 bits per heavy atom. The molecule has 0 fully saturated rings. The number of hydrogen-bond donors (Lipinski definition) is 1. The Balaban J connectivity index is 1.92. The fourth-order valence-electron chi connectivity index (χ4n) is 1.53. The lowest BCUT2D eigenvalue weighted by atomic mass is 10.2. The molecule has 20 heavy (non-hydrogen) atoms. The average Bonchev–Trinajstić information content (AvgIpc) is 2.46. The number of carbonyl (C=O) groups excluding carboxylic acids is 1. The van der Waals surface area contributed by atoms with E-state index in [2.05, 4.69) is 17.2 Å². The van der Waals surface area contributed by atoms with Crippen molar-refractivity contribution in [1.82, 2.24) is 5.32 Å². The van der Waals surface area contributed by atoms with Gasteiger partial charge >= 0.3 is 0 Å². The molecule has 1 amide bonds. The summed E-state index contributed by atoms with van der Waals surface area (Å²) in [6.07, 6.45) is 0. The molecule has 0 aliphatic carbocycles. The first-order chi connectivity index (χ1) is 9.66. The van der Waals surface area contributed by atoms with Crippen molar-refractivity contribution < 1.29 is 9.18 Å². The summed E-state index contributed by atoms with van der Waals surface area (Å²) in [5.74, 6) is 4.76. The Bertz CT molecular complexity index is 671. The third-order valence-electron chi connectivity index (χ3n) is 2.54. The van der Waals surface area contributed by atoms with E-state index in [1.54, 1.807) is 42.5 Å². The predicted octanol–water partition coefficient (Wildman–Crippen LogP) is 3.26. The van der Waals surface area contributed by atoms with Crippen LogP contribution >= 0.6 is 11.6 Å². The smallest absolute Gasteiger partial charge is 0.252 e. The van der Waals surface area contributed by atoms with Crippen LogP contribution in [0.4, 0.5) is 4.39 Å². The molecular formula is C16H11ClFNO. The number of hydrogen-bond acceptors (Lipinski definition) is 1. The van der Waals surface area contributed by atoms with Crippen molar-refractivity contribution in [1.29, 1.82) is 0 Å². The Morgan fingerprint density at radius 1 is 1.15 bits per heavy atom. The molecular weight excluding hydrogens is 277 g/mol. The van der Waals surface area contributed by atoms with Gasteiger partial charge in [0, 0.05) is 10.6 Å². The van der Waals surface area contributed by atoms with Gasteiger partial charge in [0.05, 0.1) is 12.1 Å². The van der Waals surface area contributed by atoms with Gasteiger partial charge in [0.25, 0.3) is 5.91 Å². The molecule has 0 aromatic heterocycles. The molecule has 0 atom stereocenters. The summed E-state index contributed by atoms with van der Waals surface area (Å²) in [6.45, 7) is 0.149. The van der Waals surface area contributed by atoms with Gasteiger partial charge in [-0.25, -0.2) is 4.39 Å². The second-order valence-corrected chi connectivity index (χ2v) is 4.41. The molecule has 2 nitrogen and oxygen atoms in total. The number of rotatable bonds is 2. The van der Waals surface area contributed by atoms with Crippen molar-refractivity contribution in [2.45, 2.75) is 0 Å². The highest BCUT2D eigenvalue weighted by Crippen LogP contribution is 2.09. The van der Waals surface area contributed by atoms with Crippen LogP contribution in [0.5, 0.6) is 0 Å². The fourth-order valence-corrected chi connectivity index (χ4v) is 1.66. The predicted molar refractivity (Wildman–Crippen MR) is 77.1 cm³/mol. The minimum atomic E-state index is -0.371. The van der Waals surface area contributed by atoms with E-state index in [1.165, 1.54) is 6.07 Å². The van der Waals surface area contributed by atoms with E-state index in [-0.39, 0.29) is 18.3 Å². The third-order valence-corrected chi connectivity index (χ3v) is 2.79. The molecule has 0 aliphatic heterocycles.